The van der Waals surface area contributed by atoms with Crippen molar-refractivity contribution in [3.05, 3.63) is 18.1 Å². The summed E-state index contributed by atoms with van der Waals surface area (Å²) in [7, 11) is 0. The summed E-state index contributed by atoms with van der Waals surface area (Å²) < 4.78 is 1.77. The molecular formula is C15H23N5. The van der Waals surface area contributed by atoms with Crippen LogP contribution in [0.5, 0.6) is 0 Å². The fourth-order valence-corrected chi connectivity index (χ4v) is 3.28. The minimum absolute atomic E-state index is 0.666. The summed E-state index contributed by atoms with van der Waals surface area (Å²) in [6.07, 6.45) is 8.37. The zero-order chi connectivity index (χ0) is 13.9. The number of hydrogen-bond acceptors (Lipinski definition) is 4. The van der Waals surface area contributed by atoms with Crippen molar-refractivity contribution in [2.45, 2.75) is 46.0 Å². The lowest BCUT2D eigenvalue weighted by Crippen LogP contribution is -2.17. The molecule has 1 N–H and O–H groups in total. The van der Waals surface area contributed by atoms with E-state index in [-0.39, 0.29) is 0 Å². The molecule has 1 saturated carbocycles. The highest BCUT2D eigenvalue weighted by Gasteiger charge is 2.18. The van der Waals surface area contributed by atoms with E-state index >= 15 is 0 Å². The third-order valence-corrected chi connectivity index (χ3v) is 4.28. The number of nitrogens with one attached hydrogen (secondary N) is 1. The molecule has 0 spiro atoms. The van der Waals surface area contributed by atoms with Crippen molar-refractivity contribution in [3.8, 4) is 0 Å². The molecule has 3 rings (SSSR count). The predicted octanol–water partition coefficient (Wildman–Crippen LogP) is 3.06. The van der Waals surface area contributed by atoms with Crippen molar-refractivity contribution in [3.63, 3.8) is 0 Å². The lowest BCUT2D eigenvalue weighted by Gasteiger charge is -2.26. The smallest absolute Gasteiger partial charge is 0.254 e. The highest BCUT2D eigenvalue weighted by Crippen LogP contribution is 2.30. The zero-order valence-corrected chi connectivity index (χ0v) is 12.3. The summed E-state index contributed by atoms with van der Waals surface area (Å²) in [5.41, 5.74) is 0.972. The number of rotatable bonds is 4. The quantitative estimate of drug-likeness (QED) is 0.930. The van der Waals surface area contributed by atoms with Gasteiger partial charge in [-0.3, -0.25) is 0 Å². The Balaban J connectivity index is 1.61. The molecule has 1 fully saturated rings. The fraction of sp³-hybridized carbons (Fsp3) is 0.667. The first-order valence-corrected chi connectivity index (χ1v) is 7.63. The van der Waals surface area contributed by atoms with Crippen LogP contribution in [0, 0.1) is 18.8 Å². The van der Waals surface area contributed by atoms with E-state index in [1.165, 1.54) is 32.1 Å². The van der Waals surface area contributed by atoms with Gasteiger partial charge >= 0.3 is 0 Å². The Bertz CT molecular complexity index is 577. The van der Waals surface area contributed by atoms with E-state index in [9.17, 15) is 0 Å². The molecule has 0 saturated heterocycles. The van der Waals surface area contributed by atoms with Crippen molar-refractivity contribution in [1.29, 1.82) is 0 Å². The summed E-state index contributed by atoms with van der Waals surface area (Å²) in [6.45, 7) is 5.36. The molecule has 0 aliphatic heterocycles. The van der Waals surface area contributed by atoms with Gasteiger partial charge in [-0.1, -0.05) is 26.2 Å². The maximum atomic E-state index is 4.35. The van der Waals surface area contributed by atoms with E-state index in [4.69, 9.17) is 0 Å². The molecule has 2 unspecified atom stereocenters. The van der Waals surface area contributed by atoms with E-state index < -0.39 is 0 Å². The van der Waals surface area contributed by atoms with Crippen LogP contribution in [-0.4, -0.2) is 26.1 Å². The van der Waals surface area contributed by atoms with Gasteiger partial charge in [0, 0.05) is 18.3 Å². The van der Waals surface area contributed by atoms with Crippen molar-refractivity contribution in [1.82, 2.24) is 19.6 Å². The number of nitrogens with zero attached hydrogens (tertiary/aromatic N) is 4. The third kappa shape index (κ3) is 2.92. The van der Waals surface area contributed by atoms with Gasteiger partial charge in [-0.25, -0.2) is 4.98 Å². The lowest BCUT2D eigenvalue weighted by molar-refractivity contribution is 0.274. The van der Waals surface area contributed by atoms with Crippen LogP contribution in [0.4, 0.5) is 5.82 Å². The van der Waals surface area contributed by atoms with Crippen LogP contribution in [0.1, 0.15) is 44.7 Å². The molecule has 2 aromatic heterocycles. The number of aryl methyl sites for hydroxylation is 1. The predicted molar refractivity (Wildman–Crippen MR) is 79.7 cm³/mol. The van der Waals surface area contributed by atoms with Crippen LogP contribution in [0.2, 0.25) is 0 Å². The van der Waals surface area contributed by atoms with Crippen LogP contribution < -0.4 is 5.32 Å². The third-order valence-electron chi connectivity index (χ3n) is 4.28. The molecule has 2 heterocycles. The summed E-state index contributed by atoms with van der Waals surface area (Å²) in [4.78, 5) is 8.50. The van der Waals surface area contributed by atoms with Crippen molar-refractivity contribution >= 4 is 11.6 Å². The number of aromatic nitrogens is 4. The minimum atomic E-state index is 0.666. The maximum Gasteiger partial charge on any atom is 0.254 e. The Morgan fingerprint density at radius 2 is 2.30 bits per heavy atom. The average Bonchev–Trinajstić information content (AvgIpc) is 2.87. The van der Waals surface area contributed by atoms with Crippen LogP contribution in [0.15, 0.2) is 12.4 Å². The van der Waals surface area contributed by atoms with Crippen LogP contribution in [0.25, 0.3) is 5.78 Å². The van der Waals surface area contributed by atoms with Gasteiger partial charge in [0.15, 0.2) is 0 Å². The van der Waals surface area contributed by atoms with Gasteiger partial charge in [0.25, 0.3) is 5.78 Å². The minimum Gasteiger partial charge on any atom is -0.370 e. The monoisotopic (exact) mass is 273 g/mol. The topological polar surface area (TPSA) is 55.1 Å². The molecule has 5 heteroatoms. The largest absolute Gasteiger partial charge is 0.370 e. The molecule has 108 valence electrons. The van der Waals surface area contributed by atoms with Crippen molar-refractivity contribution < 1.29 is 0 Å². The van der Waals surface area contributed by atoms with E-state index in [0.717, 1.165) is 29.9 Å². The van der Waals surface area contributed by atoms with Crippen LogP contribution in [-0.2, 0) is 0 Å². The molecule has 2 aromatic rings. The lowest BCUT2D eigenvalue weighted by atomic mass is 9.81. The SMILES string of the molecule is Cc1cc(NCCC2CCCC(C)C2)n2ncnc2n1. The van der Waals surface area contributed by atoms with Gasteiger partial charge < -0.3 is 5.32 Å². The molecule has 0 amide bonds. The Morgan fingerprint density at radius 1 is 1.40 bits per heavy atom. The Hall–Kier alpha value is -1.65. The van der Waals surface area contributed by atoms with Gasteiger partial charge in [-0.2, -0.15) is 14.6 Å². The van der Waals surface area contributed by atoms with Crippen molar-refractivity contribution in [2.24, 2.45) is 11.8 Å². The molecule has 0 aromatic carbocycles. The van der Waals surface area contributed by atoms with Gasteiger partial charge in [-0.05, 0) is 31.6 Å². The second kappa shape index (κ2) is 5.77. The second-order valence-corrected chi connectivity index (χ2v) is 6.11. The van der Waals surface area contributed by atoms with Crippen LogP contribution >= 0.6 is 0 Å². The Morgan fingerprint density at radius 3 is 3.15 bits per heavy atom. The highest BCUT2D eigenvalue weighted by molar-refractivity contribution is 5.44. The maximum absolute atomic E-state index is 4.35. The van der Waals surface area contributed by atoms with Crippen molar-refractivity contribution in [2.75, 3.05) is 11.9 Å². The molecule has 1 aliphatic carbocycles. The molecule has 1 aliphatic rings. The summed E-state index contributed by atoms with van der Waals surface area (Å²) in [5, 5.41) is 7.71. The first-order chi connectivity index (χ1) is 9.72. The molecule has 2 atom stereocenters. The van der Waals surface area contributed by atoms with Gasteiger partial charge in [0.2, 0.25) is 0 Å². The normalized spacial score (nSPS) is 23.1. The Kier molecular flexibility index (Phi) is 3.85. The molecule has 0 radical (unpaired) electrons. The highest BCUT2D eigenvalue weighted by atomic mass is 15.3. The number of anilines is 1. The molecular weight excluding hydrogens is 250 g/mol. The van der Waals surface area contributed by atoms with E-state index in [2.05, 4.69) is 27.3 Å². The number of fused-ring (bicyclic) bond motifs is 1. The molecule has 0 bridgehead atoms. The first kappa shape index (κ1) is 13.3. The molecule has 20 heavy (non-hydrogen) atoms. The zero-order valence-electron chi connectivity index (χ0n) is 12.3. The van der Waals surface area contributed by atoms with Gasteiger partial charge in [-0.15, -0.1) is 0 Å². The van der Waals surface area contributed by atoms with Gasteiger partial charge in [0.05, 0.1) is 0 Å². The van der Waals surface area contributed by atoms with Crippen LogP contribution in [0.3, 0.4) is 0 Å². The summed E-state index contributed by atoms with van der Waals surface area (Å²) in [5.74, 6) is 3.44. The van der Waals surface area contributed by atoms with Gasteiger partial charge in [0.1, 0.15) is 12.1 Å². The first-order valence-electron chi connectivity index (χ1n) is 7.63. The Labute approximate surface area is 119 Å². The fourth-order valence-electron chi connectivity index (χ4n) is 3.28. The second-order valence-electron chi connectivity index (χ2n) is 6.11. The van der Waals surface area contributed by atoms with E-state index in [0.29, 0.717) is 5.78 Å². The number of hydrogen-bond donors (Lipinski definition) is 1. The standard InChI is InChI=1S/C15H23N5/c1-11-4-3-5-13(8-11)6-7-16-14-9-12(2)19-15-17-10-18-20(14)15/h9-11,13,16H,3-8H2,1-2H3. The molecule has 5 nitrogen and oxygen atoms in total. The average molecular weight is 273 g/mol. The van der Waals surface area contributed by atoms with E-state index in [1.54, 1.807) is 10.8 Å². The van der Waals surface area contributed by atoms with E-state index in [1.807, 2.05) is 13.0 Å². The summed E-state index contributed by atoms with van der Waals surface area (Å²) >= 11 is 0. The summed E-state index contributed by atoms with van der Waals surface area (Å²) in [6, 6.07) is 2.03.